The van der Waals surface area contributed by atoms with Gasteiger partial charge in [0, 0.05) is 28.7 Å². The number of nitrogens with zero attached hydrogens (tertiary/aromatic N) is 1. The standard InChI is InChI=1S/C19H18N2O/c1-13-5-4-6-14(11-13)19(22)21-10-9-16-15-7-2-3-8-17(15)20-18(16)12-21/h2-8,11,20H,9-10,12H2,1H3. The molecule has 22 heavy (non-hydrogen) atoms. The third-order valence-electron chi connectivity index (χ3n) is 4.43. The number of aryl methyl sites for hydroxylation is 1. The first kappa shape index (κ1) is 13.1. The summed E-state index contributed by atoms with van der Waals surface area (Å²) in [4.78, 5) is 18.1. The van der Waals surface area contributed by atoms with Crippen molar-refractivity contribution in [1.29, 1.82) is 0 Å². The van der Waals surface area contributed by atoms with Crippen molar-refractivity contribution >= 4 is 16.8 Å². The molecular weight excluding hydrogens is 272 g/mol. The first-order chi connectivity index (χ1) is 10.7. The molecule has 2 aromatic carbocycles. The Labute approximate surface area is 129 Å². The van der Waals surface area contributed by atoms with E-state index in [1.807, 2.05) is 42.2 Å². The van der Waals surface area contributed by atoms with Gasteiger partial charge in [-0.15, -0.1) is 0 Å². The number of rotatable bonds is 1. The highest BCUT2D eigenvalue weighted by Crippen LogP contribution is 2.28. The summed E-state index contributed by atoms with van der Waals surface area (Å²) in [5.41, 5.74) is 5.60. The summed E-state index contributed by atoms with van der Waals surface area (Å²) in [5.74, 6) is 0.119. The van der Waals surface area contributed by atoms with Crippen LogP contribution >= 0.6 is 0 Å². The van der Waals surface area contributed by atoms with Gasteiger partial charge in [-0.25, -0.2) is 0 Å². The van der Waals surface area contributed by atoms with Crippen molar-refractivity contribution in [3.8, 4) is 0 Å². The number of carbonyl (C=O) groups excluding carboxylic acids is 1. The molecule has 0 saturated heterocycles. The Kier molecular flexibility index (Phi) is 3.00. The van der Waals surface area contributed by atoms with Crippen LogP contribution in [0.2, 0.25) is 0 Å². The second-order valence-electron chi connectivity index (χ2n) is 5.97. The third-order valence-corrected chi connectivity index (χ3v) is 4.43. The molecule has 0 bridgehead atoms. The molecule has 0 fully saturated rings. The van der Waals surface area contributed by atoms with E-state index in [1.165, 1.54) is 16.6 Å². The summed E-state index contributed by atoms with van der Waals surface area (Å²) in [5, 5.41) is 1.29. The number of amides is 1. The van der Waals surface area contributed by atoms with Crippen molar-refractivity contribution in [2.24, 2.45) is 0 Å². The van der Waals surface area contributed by atoms with Crippen LogP contribution in [-0.2, 0) is 13.0 Å². The van der Waals surface area contributed by atoms with E-state index >= 15 is 0 Å². The highest BCUT2D eigenvalue weighted by atomic mass is 16.2. The second-order valence-corrected chi connectivity index (χ2v) is 5.97. The number of nitrogens with one attached hydrogen (secondary N) is 1. The van der Waals surface area contributed by atoms with Crippen molar-refractivity contribution < 1.29 is 4.79 Å². The van der Waals surface area contributed by atoms with Crippen molar-refractivity contribution in [2.75, 3.05) is 6.54 Å². The molecule has 1 aliphatic heterocycles. The average Bonchev–Trinajstić information content (AvgIpc) is 2.91. The van der Waals surface area contributed by atoms with Gasteiger partial charge in [-0.05, 0) is 37.1 Å². The van der Waals surface area contributed by atoms with E-state index in [1.54, 1.807) is 0 Å². The van der Waals surface area contributed by atoms with Gasteiger partial charge in [-0.3, -0.25) is 4.79 Å². The van der Waals surface area contributed by atoms with Gasteiger partial charge in [0.25, 0.3) is 5.91 Å². The van der Waals surface area contributed by atoms with E-state index in [0.29, 0.717) is 6.54 Å². The highest BCUT2D eigenvalue weighted by molar-refractivity contribution is 5.95. The minimum absolute atomic E-state index is 0.119. The van der Waals surface area contributed by atoms with Gasteiger partial charge >= 0.3 is 0 Å². The Bertz CT molecular complexity index is 863. The molecule has 1 aromatic heterocycles. The van der Waals surface area contributed by atoms with Gasteiger partial charge in [0.05, 0.1) is 6.54 Å². The van der Waals surface area contributed by atoms with Gasteiger partial charge in [0.2, 0.25) is 0 Å². The van der Waals surface area contributed by atoms with E-state index in [-0.39, 0.29) is 5.91 Å². The average molecular weight is 290 g/mol. The number of para-hydroxylation sites is 1. The maximum Gasteiger partial charge on any atom is 0.254 e. The van der Waals surface area contributed by atoms with Gasteiger partial charge in [-0.1, -0.05) is 35.9 Å². The molecule has 0 saturated carbocycles. The first-order valence-corrected chi connectivity index (χ1v) is 7.67. The monoisotopic (exact) mass is 290 g/mol. The highest BCUT2D eigenvalue weighted by Gasteiger charge is 2.24. The zero-order valence-electron chi connectivity index (χ0n) is 12.6. The second kappa shape index (κ2) is 5.02. The molecule has 0 atom stereocenters. The van der Waals surface area contributed by atoms with E-state index in [0.717, 1.165) is 29.6 Å². The molecule has 4 rings (SSSR count). The zero-order valence-corrected chi connectivity index (χ0v) is 12.6. The quantitative estimate of drug-likeness (QED) is 0.729. The van der Waals surface area contributed by atoms with E-state index in [4.69, 9.17) is 0 Å². The molecule has 1 amide bonds. The van der Waals surface area contributed by atoms with Crippen LogP contribution in [0.4, 0.5) is 0 Å². The molecule has 3 heteroatoms. The van der Waals surface area contributed by atoms with Crippen LogP contribution in [0.25, 0.3) is 10.9 Å². The summed E-state index contributed by atoms with van der Waals surface area (Å²) >= 11 is 0. The lowest BCUT2D eigenvalue weighted by molar-refractivity contribution is 0.0733. The van der Waals surface area contributed by atoms with Crippen LogP contribution in [0.15, 0.2) is 48.5 Å². The minimum Gasteiger partial charge on any atom is -0.357 e. The first-order valence-electron chi connectivity index (χ1n) is 7.67. The van der Waals surface area contributed by atoms with Crippen LogP contribution < -0.4 is 0 Å². The lowest BCUT2D eigenvalue weighted by Gasteiger charge is -2.27. The van der Waals surface area contributed by atoms with Crippen molar-refractivity contribution in [3.63, 3.8) is 0 Å². The van der Waals surface area contributed by atoms with Crippen LogP contribution in [0.3, 0.4) is 0 Å². The number of aromatic nitrogens is 1. The fraction of sp³-hybridized carbons (Fsp3) is 0.211. The predicted octanol–water partition coefficient (Wildman–Crippen LogP) is 3.67. The van der Waals surface area contributed by atoms with Crippen molar-refractivity contribution in [3.05, 3.63) is 70.9 Å². The topological polar surface area (TPSA) is 36.1 Å². The van der Waals surface area contributed by atoms with Gasteiger partial charge < -0.3 is 9.88 Å². The molecule has 110 valence electrons. The van der Waals surface area contributed by atoms with E-state index in [9.17, 15) is 4.79 Å². The molecule has 0 aliphatic carbocycles. The maximum absolute atomic E-state index is 12.7. The van der Waals surface area contributed by atoms with Gasteiger partial charge in [-0.2, -0.15) is 0 Å². The molecule has 0 radical (unpaired) electrons. The molecule has 2 heterocycles. The van der Waals surface area contributed by atoms with Crippen LogP contribution in [-0.4, -0.2) is 22.3 Å². The summed E-state index contributed by atoms with van der Waals surface area (Å²) in [7, 11) is 0. The summed E-state index contributed by atoms with van der Waals surface area (Å²) < 4.78 is 0. The molecule has 0 unspecified atom stereocenters. The largest absolute Gasteiger partial charge is 0.357 e. The molecule has 3 nitrogen and oxygen atoms in total. The van der Waals surface area contributed by atoms with Gasteiger partial charge in [0.15, 0.2) is 0 Å². The van der Waals surface area contributed by atoms with Crippen molar-refractivity contribution in [1.82, 2.24) is 9.88 Å². The molecular formula is C19H18N2O. The summed E-state index contributed by atoms with van der Waals surface area (Å²) in [6.45, 7) is 3.46. The van der Waals surface area contributed by atoms with Gasteiger partial charge in [0.1, 0.15) is 0 Å². The summed E-state index contributed by atoms with van der Waals surface area (Å²) in [6.07, 6.45) is 0.914. The number of aromatic amines is 1. The Hall–Kier alpha value is -2.55. The fourth-order valence-electron chi connectivity index (χ4n) is 3.33. The normalized spacial score (nSPS) is 14.1. The molecule has 3 aromatic rings. The van der Waals surface area contributed by atoms with Crippen LogP contribution in [0, 0.1) is 6.92 Å². The number of hydrogen-bond acceptors (Lipinski definition) is 1. The molecule has 1 N–H and O–H groups in total. The number of hydrogen-bond donors (Lipinski definition) is 1. The smallest absolute Gasteiger partial charge is 0.254 e. The van der Waals surface area contributed by atoms with E-state index < -0.39 is 0 Å². The van der Waals surface area contributed by atoms with Crippen LogP contribution in [0.5, 0.6) is 0 Å². The lowest BCUT2D eigenvalue weighted by atomic mass is 10.0. The fourth-order valence-corrected chi connectivity index (χ4v) is 3.33. The number of H-pyrrole nitrogens is 1. The Morgan fingerprint density at radius 3 is 2.86 bits per heavy atom. The Balaban J connectivity index is 1.65. The van der Waals surface area contributed by atoms with Crippen molar-refractivity contribution in [2.45, 2.75) is 19.9 Å². The van der Waals surface area contributed by atoms with Crippen LogP contribution in [0.1, 0.15) is 27.2 Å². The van der Waals surface area contributed by atoms with E-state index in [2.05, 4.69) is 23.2 Å². The SMILES string of the molecule is Cc1cccc(C(=O)N2CCc3c([nH]c4ccccc34)C2)c1. The predicted molar refractivity (Wildman–Crippen MR) is 87.9 cm³/mol. The number of fused-ring (bicyclic) bond motifs is 3. The molecule has 1 aliphatic rings. The summed E-state index contributed by atoms with van der Waals surface area (Å²) in [6, 6.07) is 16.2. The minimum atomic E-state index is 0.119. The Morgan fingerprint density at radius 2 is 2.00 bits per heavy atom. The Morgan fingerprint density at radius 1 is 1.14 bits per heavy atom. The third kappa shape index (κ3) is 2.10. The lowest BCUT2D eigenvalue weighted by Crippen LogP contribution is -2.35. The number of benzene rings is 2. The zero-order chi connectivity index (χ0) is 15.1. The number of carbonyl (C=O) groups is 1. The maximum atomic E-state index is 12.7. The molecule has 0 spiro atoms.